The molecule has 1 saturated carbocycles. The first kappa shape index (κ1) is 14.2. The highest BCUT2D eigenvalue weighted by Crippen LogP contribution is 2.31. The Bertz CT molecular complexity index is 581. The monoisotopic (exact) mass is 301 g/mol. The summed E-state index contributed by atoms with van der Waals surface area (Å²) in [6.45, 7) is 2.92. The standard InChI is InChI=1S/C16H19N3OS/c1-12(14-8-3-2-4-9-14)19(11-13-6-5-7-13)16(20)15-10-17-18-21-15/h2-4,8-10,12-13H,5-7,11H2,1H3. The van der Waals surface area contributed by atoms with Gasteiger partial charge in [-0.25, -0.2) is 0 Å². The maximum absolute atomic E-state index is 12.8. The Labute approximate surface area is 129 Å². The lowest BCUT2D eigenvalue weighted by Crippen LogP contribution is -2.39. The molecule has 5 heteroatoms. The quantitative estimate of drug-likeness (QED) is 0.848. The molecule has 0 N–H and O–H groups in total. The molecule has 0 saturated heterocycles. The fraction of sp³-hybridized carbons (Fsp3) is 0.438. The Balaban J connectivity index is 1.82. The first-order valence-corrected chi connectivity index (χ1v) is 8.16. The van der Waals surface area contributed by atoms with Gasteiger partial charge >= 0.3 is 0 Å². The van der Waals surface area contributed by atoms with Crippen LogP contribution in [0.15, 0.2) is 36.5 Å². The average Bonchev–Trinajstić information content (AvgIpc) is 3.00. The van der Waals surface area contributed by atoms with Crippen LogP contribution in [0, 0.1) is 5.92 Å². The summed E-state index contributed by atoms with van der Waals surface area (Å²) >= 11 is 1.17. The smallest absolute Gasteiger partial charge is 0.267 e. The van der Waals surface area contributed by atoms with E-state index in [0.29, 0.717) is 10.8 Å². The van der Waals surface area contributed by atoms with E-state index >= 15 is 0 Å². The Morgan fingerprint density at radius 3 is 2.71 bits per heavy atom. The van der Waals surface area contributed by atoms with Gasteiger partial charge in [0.2, 0.25) is 0 Å². The van der Waals surface area contributed by atoms with Crippen LogP contribution in [0.5, 0.6) is 0 Å². The van der Waals surface area contributed by atoms with E-state index in [0.717, 1.165) is 6.54 Å². The van der Waals surface area contributed by atoms with Gasteiger partial charge in [-0.2, -0.15) is 0 Å². The molecule has 1 aliphatic rings. The minimum atomic E-state index is 0.0493. The van der Waals surface area contributed by atoms with E-state index < -0.39 is 0 Å². The Hall–Kier alpha value is -1.75. The van der Waals surface area contributed by atoms with Crippen LogP contribution in [0.3, 0.4) is 0 Å². The maximum atomic E-state index is 12.8. The predicted molar refractivity (Wildman–Crippen MR) is 83.1 cm³/mol. The van der Waals surface area contributed by atoms with Crippen molar-refractivity contribution in [3.05, 3.63) is 47.0 Å². The number of benzene rings is 1. The Morgan fingerprint density at radius 2 is 2.14 bits per heavy atom. The molecule has 0 radical (unpaired) electrons. The zero-order valence-electron chi connectivity index (χ0n) is 12.1. The van der Waals surface area contributed by atoms with Crippen LogP contribution >= 0.6 is 11.5 Å². The van der Waals surface area contributed by atoms with Gasteiger partial charge in [0.05, 0.1) is 12.2 Å². The molecule has 2 aromatic rings. The molecule has 1 atom stereocenters. The van der Waals surface area contributed by atoms with Gasteiger partial charge in [0.1, 0.15) is 4.88 Å². The van der Waals surface area contributed by atoms with Crippen molar-refractivity contribution in [3.63, 3.8) is 0 Å². The highest BCUT2D eigenvalue weighted by molar-refractivity contribution is 7.07. The van der Waals surface area contributed by atoms with Crippen molar-refractivity contribution in [3.8, 4) is 0 Å². The van der Waals surface area contributed by atoms with Crippen molar-refractivity contribution in [2.24, 2.45) is 5.92 Å². The fourth-order valence-electron chi connectivity index (χ4n) is 2.68. The van der Waals surface area contributed by atoms with Crippen LogP contribution in [0.25, 0.3) is 0 Å². The van der Waals surface area contributed by atoms with E-state index in [1.165, 1.54) is 36.4 Å². The van der Waals surface area contributed by atoms with E-state index in [9.17, 15) is 4.79 Å². The number of hydrogen-bond donors (Lipinski definition) is 0. The molecule has 0 bridgehead atoms. The second-order valence-electron chi connectivity index (χ2n) is 5.62. The summed E-state index contributed by atoms with van der Waals surface area (Å²) in [4.78, 5) is 15.4. The van der Waals surface area contributed by atoms with Gasteiger partial charge in [-0.05, 0) is 42.8 Å². The highest BCUT2D eigenvalue weighted by atomic mass is 32.1. The number of carbonyl (C=O) groups is 1. The topological polar surface area (TPSA) is 46.1 Å². The molecule has 1 aromatic heterocycles. The SMILES string of the molecule is CC(c1ccccc1)N(CC1CCC1)C(=O)c1cnns1. The van der Waals surface area contributed by atoms with Crippen molar-refractivity contribution >= 4 is 17.4 Å². The summed E-state index contributed by atoms with van der Waals surface area (Å²) in [7, 11) is 0. The molecule has 1 fully saturated rings. The number of rotatable bonds is 5. The van der Waals surface area contributed by atoms with E-state index in [2.05, 4.69) is 28.6 Å². The lowest BCUT2D eigenvalue weighted by molar-refractivity contribution is 0.0618. The number of amides is 1. The molecule has 1 amide bonds. The molecule has 1 aromatic carbocycles. The molecule has 1 aliphatic carbocycles. The largest absolute Gasteiger partial charge is 0.331 e. The predicted octanol–water partition coefficient (Wildman–Crippen LogP) is 3.54. The fourth-order valence-corrected chi connectivity index (χ4v) is 3.16. The number of hydrogen-bond acceptors (Lipinski definition) is 4. The lowest BCUT2D eigenvalue weighted by atomic mass is 9.84. The molecule has 3 rings (SSSR count). The second-order valence-corrected chi connectivity index (χ2v) is 6.41. The van der Waals surface area contributed by atoms with Crippen LogP contribution in [-0.2, 0) is 0 Å². The van der Waals surface area contributed by atoms with Crippen LogP contribution in [0.1, 0.15) is 47.5 Å². The van der Waals surface area contributed by atoms with Gasteiger partial charge in [0.25, 0.3) is 5.91 Å². The van der Waals surface area contributed by atoms with E-state index in [1.807, 2.05) is 23.1 Å². The van der Waals surface area contributed by atoms with Crippen molar-refractivity contribution < 1.29 is 4.79 Å². The third-order valence-electron chi connectivity index (χ3n) is 4.26. The van der Waals surface area contributed by atoms with Crippen LogP contribution in [-0.4, -0.2) is 26.9 Å². The zero-order valence-corrected chi connectivity index (χ0v) is 12.9. The molecule has 1 heterocycles. The molecule has 0 aliphatic heterocycles. The summed E-state index contributed by atoms with van der Waals surface area (Å²) in [5.74, 6) is 0.689. The van der Waals surface area contributed by atoms with Gasteiger partial charge in [-0.1, -0.05) is 41.2 Å². The summed E-state index contributed by atoms with van der Waals surface area (Å²) in [6.07, 6.45) is 5.31. The molecular formula is C16H19N3OS. The minimum Gasteiger partial charge on any atom is -0.331 e. The molecule has 21 heavy (non-hydrogen) atoms. The maximum Gasteiger partial charge on any atom is 0.267 e. The average molecular weight is 301 g/mol. The summed E-state index contributed by atoms with van der Waals surface area (Å²) < 4.78 is 3.82. The van der Waals surface area contributed by atoms with Gasteiger partial charge in [0.15, 0.2) is 0 Å². The molecule has 110 valence electrons. The van der Waals surface area contributed by atoms with Crippen molar-refractivity contribution in [1.82, 2.24) is 14.5 Å². The molecule has 0 spiro atoms. The summed E-state index contributed by atoms with van der Waals surface area (Å²) in [6, 6.07) is 10.3. The Morgan fingerprint density at radius 1 is 1.38 bits per heavy atom. The first-order valence-electron chi connectivity index (χ1n) is 7.39. The van der Waals surface area contributed by atoms with Gasteiger partial charge in [-0.3, -0.25) is 4.79 Å². The van der Waals surface area contributed by atoms with Crippen molar-refractivity contribution in [2.75, 3.05) is 6.54 Å². The van der Waals surface area contributed by atoms with Crippen LogP contribution < -0.4 is 0 Å². The summed E-state index contributed by atoms with van der Waals surface area (Å²) in [5.41, 5.74) is 1.17. The second kappa shape index (κ2) is 6.35. The normalized spacial score (nSPS) is 16.2. The van der Waals surface area contributed by atoms with E-state index in [4.69, 9.17) is 0 Å². The third-order valence-corrected chi connectivity index (χ3v) is 4.91. The zero-order chi connectivity index (χ0) is 14.7. The number of aromatic nitrogens is 2. The van der Waals surface area contributed by atoms with E-state index in [-0.39, 0.29) is 11.9 Å². The minimum absolute atomic E-state index is 0.0493. The first-order chi connectivity index (χ1) is 10.3. The van der Waals surface area contributed by atoms with Crippen LogP contribution in [0.4, 0.5) is 0 Å². The van der Waals surface area contributed by atoms with E-state index in [1.54, 1.807) is 6.20 Å². The van der Waals surface area contributed by atoms with Crippen molar-refractivity contribution in [2.45, 2.75) is 32.2 Å². The van der Waals surface area contributed by atoms with Crippen molar-refractivity contribution in [1.29, 1.82) is 0 Å². The molecule has 1 unspecified atom stereocenters. The number of carbonyl (C=O) groups excluding carboxylic acids is 1. The molecule has 4 nitrogen and oxygen atoms in total. The van der Waals surface area contributed by atoms with Gasteiger partial charge in [0, 0.05) is 6.54 Å². The summed E-state index contributed by atoms with van der Waals surface area (Å²) in [5, 5.41) is 3.79. The van der Waals surface area contributed by atoms with Gasteiger partial charge in [-0.15, -0.1) is 5.10 Å². The van der Waals surface area contributed by atoms with Gasteiger partial charge < -0.3 is 4.90 Å². The molecular weight excluding hydrogens is 282 g/mol. The highest BCUT2D eigenvalue weighted by Gasteiger charge is 2.29. The third kappa shape index (κ3) is 3.13. The lowest BCUT2D eigenvalue weighted by Gasteiger charge is -2.36. The number of nitrogens with zero attached hydrogens (tertiary/aromatic N) is 3. The Kier molecular flexibility index (Phi) is 4.29. The van der Waals surface area contributed by atoms with Crippen LogP contribution in [0.2, 0.25) is 0 Å².